The minimum Gasteiger partial charge on any atom is -0.508 e. The predicted octanol–water partition coefficient (Wildman–Crippen LogP) is 2.81. The van der Waals surface area contributed by atoms with Crippen molar-refractivity contribution in [1.29, 1.82) is 0 Å². The molecule has 0 radical (unpaired) electrons. The monoisotopic (exact) mass is 220 g/mol. The Morgan fingerprint density at radius 1 is 1.20 bits per heavy atom. The smallest absolute Gasteiger partial charge is 0.222 e. The van der Waals surface area contributed by atoms with Gasteiger partial charge in [0.1, 0.15) is 5.75 Å². The van der Waals surface area contributed by atoms with Crippen LogP contribution in [-0.2, 0) is 0 Å². The third-order valence-electron chi connectivity index (χ3n) is 2.08. The van der Waals surface area contributed by atoms with Gasteiger partial charge in [0, 0.05) is 11.8 Å². The molecular formula is C11H9ClN2O. The number of phenols is 1. The zero-order chi connectivity index (χ0) is 10.8. The number of rotatable bonds is 1. The Labute approximate surface area is 92.4 Å². The molecule has 0 amide bonds. The second-order valence-corrected chi connectivity index (χ2v) is 3.56. The first-order chi connectivity index (χ1) is 7.16. The number of halogens is 1. The van der Waals surface area contributed by atoms with E-state index in [1.54, 1.807) is 30.5 Å². The number of hydrogen-bond acceptors (Lipinski definition) is 3. The maximum Gasteiger partial charge on any atom is 0.222 e. The minimum atomic E-state index is 0.226. The first kappa shape index (κ1) is 9.93. The molecule has 1 aromatic carbocycles. The molecule has 0 aliphatic heterocycles. The molecule has 0 aliphatic carbocycles. The van der Waals surface area contributed by atoms with Crippen molar-refractivity contribution in [1.82, 2.24) is 9.97 Å². The number of hydrogen-bond donors (Lipinski definition) is 1. The number of phenolic OH excluding ortho intramolecular Hbond substituents is 1. The summed E-state index contributed by atoms with van der Waals surface area (Å²) in [6, 6.07) is 6.82. The van der Waals surface area contributed by atoms with Gasteiger partial charge in [-0.2, -0.15) is 0 Å². The lowest BCUT2D eigenvalue weighted by molar-refractivity contribution is 0.475. The summed E-state index contributed by atoms with van der Waals surface area (Å²) in [6.45, 7) is 1.92. The van der Waals surface area contributed by atoms with E-state index in [1.165, 1.54) is 0 Å². The van der Waals surface area contributed by atoms with E-state index in [4.69, 9.17) is 16.7 Å². The van der Waals surface area contributed by atoms with Gasteiger partial charge in [-0.3, -0.25) is 0 Å². The average molecular weight is 221 g/mol. The van der Waals surface area contributed by atoms with E-state index in [9.17, 15) is 0 Å². The maximum atomic E-state index is 9.17. The quantitative estimate of drug-likeness (QED) is 0.752. The van der Waals surface area contributed by atoms with Crippen molar-refractivity contribution in [3.63, 3.8) is 0 Å². The topological polar surface area (TPSA) is 46.0 Å². The molecule has 1 N–H and O–H groups in total. The van der Waals surface area contributed by atoms with Gasteiger partial charge in [-0.1, -0.05) is 0 Å². The summed E-state index contributed by atoms with van der Waals surface area (Å²) in [5.41, 5.74) is 2.65. The zero-order valence-corrected chi connectivity index (χ0v) is 8.86. The molecule has 2 rings (SSSR count). The fraction of sp³-hybridized carbons (Fsp3) is 0.0909. The molecule has 3 nitrogen and oxygen atoms in total. The molecule has 2 aromatic rings. The second kappa shape index (κ2) is 3.87. The molecule has 0 spiro atoms. The summed E-state index contributed by atoms with van der Waals surface area (Å²) in [4.78, 5) is 8.03. The SMILES string of the molecule is Cc1cnc(Cl)nc1-c1ccc(O)cc1. The standard InChI is InChI=1S/C11H9ClN2O/c1-7-6-13-11(12)14-10(7)8-2-4-9(15)5-3-8/h2-6,15H,1H3. The first-order valence-corrected chi connectivity index (χ1v) is 4.83. The van der Waals surface area contributed by atoms with Crippen LogP contribution in [0.1, 0.15) is 5.56 Å². The lowest BCUT2D eigenvalue weighted by Gasteiger charge is -2.04. The molecule has 1 heterocycles. The van der Waals surface area contributed by atoms with E-state index < -0.39 is 0 Å². The fourth-order valence-corrected chi connectivity index (χ4v) is 1.47. The van der Waals surface area contributed by atoms with Gasteiger partial charge in [0.15, 0.2) is 0 Å². The molecule has 0 aliphatic rings. The van der Waals surface area contributed by atoms with Crippen LogP contribution in [0.15, 0.2) is 30.5 Å². The molecule has 0 atom stereocenters. The lowest BCUT2D eigenvalue weighted by atomic mass is 10.1. The number of benzene rings is 1. The normalized spacial score (nSPS) is 10.3. The summed E-state index contributed by atoms with van der Waals surface area (Å²) in [5.74, 6) is 0.233. The van der Waals surface area contributed by atoms with Crippen molar-refractivity contribution in [3.05, 3.63) is 41.3 Å². The highest BCUT2D eigenvalue weighted by atomic mass is 35.5. The van der Waals surface area contributed by atoms with Gasteiger partial charge in [0.05, 0.1) is 5.69 Å². The van der Waals surface area contributed by atoms with Gasteiger partial charge < -0.3 is 5.11 Å². The van der Waals surface area contributed by atoms with Crippen molar-refractivity contribution in [2.24, 2.45) is 0 Å². The Morgan fingerprint density at radius 2 is 1.87 bits per heavy atom. The van der Waals surface area contributed by atoms with Crippen molar-refractivity contribution in [2.75, 3.05) is 0 Å². The van der Waals surface area contributed by atoms with E-state index >= 15 is 0 Å². The Hall–Kier alpha value is -1.61. The zero-order valence-electron chi connectivity index (χ0n) is 8.11. The second-order valence-electron chi connectivity index (χ2n) is 3.22. The van der Waals surface area contributed by atoms with Gasteiger partial charge in [0.2, 0.25) is 5.28 Å². The molecule has 0 bridgehead atoms. The van der Waals surface area contributed by atoms with E-state index in [0.717, 1.165) is 16.8 Å². The van der Waals surface area contributed by atoms with Crippen molar-refractivity contribution in [2.45, 2.75) is 6.92 Å². The number of aryl methyl sites for hydroxylation is 1. The lowest BCUT2D eigenvalue weighted by Crippen LogP contribution is -1.91. The van der Waals surface area contributed by atoms with Gasteiger partial charge in [-0.25, -0.2) is 9.97 Å². The number of nitrogens with zero attached hydrogens (tertiary/aromatic N) is 2. The highest BCUT2D eigenvalue weighted by Crippen LogP contribution is 2.23. The van der Waals surface area contributed by atoms with Crippen LogP contribution < -0.4 is 0 Å². The average Bonchev–Trinajstić information content (AvgIpc) is 2.23. The van der Waals surface area contributed by atoms with Crippen LogP contribution in [0.2, 0.25) is 5.28 Å². The molecule has 4 heteroatoms. The largest absolute Gasteiger partial charge is 0.508 e. The molecule has 0 saturated carbocycles. The molecule has 1 aromatic heterocycles. The Kier molecular flexibility index (Phi) is 2.56. The van der Waals surface area contributed by atoms with Crippen LogP contribution in [0.4, 0.5) is 0 Å². The van der Waals surface area contributed by atoms with Gasteiger partial charge in [-0.15, -0.1) is 0 Å². The van der Waals surface area contributed by atoms with E-state index in [0.29, 0.717) is 0 Å². The van der Waals surface area contributed by atoms with Gasteiger partial charge >= 0.3 is 0 Å². The predicted molar refractivity (Wildman–Crippen MR) is 58.9 cm³/mol. The molecular weight excluding hydrogens is 212 g/mol. The maximum absolute atomic E-state index is 9.17. The van der Waals surface area contributed by atoms with Crippen LogP contribution in [0.25, 0.3) is 11.3 Å². The van der Waals surface area contributed by atoms with Crippen molar-refractivity contribution >= 4 is 11.6 Å². The highest BCUT2D eigenvalue weighted by Gasteiger charge is 2.05. The Bertz CT molecular complexity index is 482. The fourth-order valence-electron chi connectivity index (χ4n) is 1.33. The Balaban J connectivity index is 2.53. The van der Waals surface area contributed by atoms with Crippen LogP contribution in [-0.4, -0.2) is 15.1 Å². The third-order valence-corrected chi connectivity index (χ3v) is 2.27. The van der Waals surface area contributed by atoms with E-state index in [-0.39, 0.29) is 11.0 Å². The third kappa shape index (κ3) is 2.07. The molecule has 15 heavy (non-hydrogen) atoms. The van der Waals surface area contributed by atoms with Gasteiger partial charge in [-0.05, 0) is 48.4 Å². The molecule has 0 unspecified atom stereocenters. The first-order valence-electron chi connectivity index (χ1n) is 4.45. The van der Waals surface area contributed by atoms with E-state index in [1.807, 2.05) is 6.92 Å². The van der Waals surface area contributed by atoms with E-state index in [2.05, 4.69) is 9.97 Å². The van der Waals surface area contributed by atoms with Gasteiger partial charge in [0.25, 0.3) is 0 Å². The molecule has 76 valence electrons. The molecule has 0 saturated heterocycles. The van der Waals surface area contributed by atoms with Crippen LogP contribution in [0.3, 0.4) is 0 Å². The number of aromatic nitrogens is 2. The van der Waals surface area contributed by atoms with Crippen LogP contribution >= 0.6 is 11.6 Å². The molecule has 0 fully saturated rings. The summed E-state index contributed by atoms with van der Waals surface area (Å²) < 4.78 is 0. The Morgan fingerprint density at radius 3 is 2.53 bits per heavy atom. The highest BCUT2D eigenvalue weighted by molar-refractivity contribution is 6.28. The summed E-state index contributed by atoms with van der Waals surface area (Å²) in [5, 5.41) is 9.39. The van der Waals surface area contributed by atoms with Crippen LogP contribution in [0.5, 0.6) is 5.75 Å². The summed E-state index contributed by atoms with van der Waals surface area (Å²) in [6.07, 6.45) is 1.68. The van der Waals surface area contributed by atoms with Crippen LogP contribution in [0, 0.1) is 6.92 Å². The van der Waals surface area contributed by atoms with Crippen molar-refractivity contribution in [3.8, 4) is 17.0 Å². The summed E-state index contributed by atoms with van der Waals surface area (Å²) in [7, 11) is 0. The summed E-state index contributed by atoms with van der Waals surface area (Å²) >= 11 is 5.73. The number of aromatic hydroxyl groups is 1. The van der Waals surface area contributed by atoms with Crippen molar-refractivity contribution < 1.29 is 5.11 Å². The minimum absolute atomic E-state index is 0.226.